The molecule has 0 aliphatic carbocycles. The number of rotatable bonds is 6. The van der Waals surface area contributed by atoms with Gasteiger partial charge in [0.05, 0.1) is 11.0 Å². The molecule has 0 aliphatic rings. The molecule has 2 heterocycles. The van der Waals surface area contributed by atoms with Crippen LogP contribution < -0.4 is 0 Å². The maximum atomic E-state index is 10.8. The fourth-order valence-corrected chi connectivity index (χ4v) is 3.17. The summed E-state index contributed by atoms with van der Waals surface area (Å²) in [5.74, 6) is 0.519. The highest BCUT2D eigenvalue weighted by Gasteiger charge is 2.14. The summed E-state index contributed by atoms with van der Waals surface area (Å²) >= 11 is 1.36. The van der Waals surface area contributed by atoms with Crippen LogP contribution in [0.25, 0.3) is 11.4 Å². The van der Waals surface area contributed by atoms with E-state index in [9.17, 15) is 10.1 Å². The van der Waals surface area contributed by atoms with Crippen molar-refractivity contribution in [3.8, 4) is 11.4 Å². The first-order chi connectivity index (χ1) is 12.5. The molecule has 26 heavy (non-hydrogen) atoms. The second-order valence-electron chi connectivity index (χ2n) is 5.78. The number of nitrogens with zero attached hydrogens (tertiary/aromatic N) is 7. The van der Waals surface area contributed by atoms with Crippen molar-refractivity contribution in [2.45, 2.75) is 43.4 Å². The Balaban J connectivity index is 1.96. The molecule has 134 valence electrons. The Morgan fingerprint density at radius 2 is 1.96 bits per heavy atom. The lowest BCUT2D eigenvalue weighted by Gasteiger charge is -2.09. The maximum Gasteiger partial charge on any atom is 0.269 e. The summed E-state index contributed by atoms with van der Waals surface area (Å²) in [6.45, 7) is 6.01. The standard InChI is InChI=1S/C16H17N7O2S/c1-4-12-9-14(26-16-19-20-21-22(16)10(2)3)18-15(17-12)11-5-7-13(8-6-11)23(24)25/h5-10H,4H2,1-3H3. The third kappa shape index (κ3) is 3.85. The zero-order valence-electron chi connectivity index (χ0n) is 14.5. The number of aromatic nitrogens is 6. The Kier molecular flexibility index (Phi) is 5.21. The van der Waals surface area contributed by atoms with Crippen molar-refractivity contribution >= 4 is 17.4 Å². The third-order valence-corrected chi connectivity index (χ3v) is 4.47. The molecule has 2 aromatic heterocycles. The fraction of sp³-hybridized carbons (Fsp3) is 0.312. The van der Waals surface area contributed by atoms with Crippen LogP contribution in [0.2, 0.25) is 0 Å². The summed E-state index contributed by atoms with van der Waals surface area (Å²) in [4.78, 5) is 19.5. The molecule has 0 aliphatic heterocycles. The van der Waals surface area contributed by atoms with Crippen LogP contribution in [0.4, 0.5) is 5.69 Å². The summed E-state index contributed by atoms with van der Waals surface area (Å²) < 4.78 is 1.73. The van der Waals surface area contributed by atoms with E-state index in [0.29, 0.717) is 11.0 Å². The van der Waals surface area contributed by atoms with Crippen molar-refractivity contribution in [1.82, 2.24) is 30.2 Å². The molecule has 0 atom stereocenters. The summed E-state index contributed by atoms with van der Waals surface area (Å²) in [7, 11) is 0. The topological polar surface area (TPSA) is 113 Å². The van der Waals surface area contributed by atoms with Crippen LogP contribution in [0.3, 0.4) is 0 Å². The van der Waals surface area contributed by atoms with Crippen LogP contribution in [0, 0.1) is 10.1 Å². The molecule has 0 amide bonds. The van der Waals surface area contributed by atoms with Crippen LogP contribution in [0.15, 0.2) is 40.5 Å². The van der Waals surface area contributed by atoms with Gasteiger partial charge >= 0.3 is 0 Å². The SMILES string of the molecule is CCc1cc(Sc2nnnn2C(C)C)nc(-c2ccc([N+](=O)[O-])cc2)n1. The highest BCUT2D eigenvalue weighted by molar-refractivity contribution is 7.99. The lowest BCUT2D eigenvalue weighted by molar-refractivity contribution is -0.384. The van der Waals surface area contributed by atoms with E-state index in [1.165, 1.54) is 23.9 Å². The predicted octanol–water partition coefficient (Wildman–Crippen LogP) is 3.33. The largest absolute Gasteiger partial charge is 0.269 e. The molecule has 0 radical (unpaired) electrons. The van der Waals surface area contributed by atoms with Crippen molar-refractivity contribution in [1.29, 1.82) is 0 Å². The minimum Gasteiger partial charge on any atom is -0.258 e. The zero-order valence-corrected chi connectivity index (χ0v) is 15.3. The summed E-state index contributed by atoms with van der Waals surface area (Å²) in [5.41, 5.74) is 1.63. The van der Waals surface area contributed by atoms with Crippen LogP contribution in [0.1, 0.15) is 32.5 Å². The first-order valence-electron chi connectivity index (χ1n) is 8.06. The van der Waals surface area contributed by atoms with Crippen molar-refractivity contribution in [3.05, 3.63) is 46.1 Å². The van der Waals surface area contributed by atoms with Gasteiger partial charge in [0.2, 0.25) is 5.16 Å². The Morgan fingerprint density at radius 3 is 2.58 bits per heavy atom. The Labute approximate surface area is 154 Å². The fourth-order valence-electron chi connectivity index (χ4n) is 2.24. The molecule has 0 bridgehead atoms. The van der Waals surface area contributed by atoms with Crippen molar-refractivity contribution in [2.24, 2.45) is 0 Å². The molecule has 0 saturated carbocycles. The van der Waals surface area contributed by atoms with Gasteiger partial charge in [-0.05, 0) is 60.7 Å². The number of nitro groups is 1. The van der Waals surface area contributed by atoms with Crippen molar-refractivity contribution in [2.75, 3.05) is 0 Å². The second kappa shape index (κ2) is 7.56. The molecule has 10 heteroatoms. The van der Waals surface area contributed by atoms with Crippen LogP contribution in [0.5, 0.6) is 0 Å². The number of tetrazole rings is 1. The Morgan fingerprint density at radius 1 is 1.23 bits per heavy atom. The minimum absolute atomic E-state index is 0.0334. The van der Waals surface area contributed by atoms with Crippen molar-refractivity contribution in [3.63, 3.8) is 0 Å². The quantitative estimate of drug-likeness (QED) is 0.368. The molecule has 0 saturated heterocycles. The lowest BCUT2D eigenvalue weighted by atomic mass is 10.2. The maximum absolute atomic E-state index is 10.8. The molecular formula is C16H17N7O2S. The van der Waals surface area contributed by atoms with Gasteiger partial charge in [-0.2, -0.15) is 0 Å². The molecule has 0 spiro atoms. The van der Waals surface area contributed by atoms with Crippen LogP contribution >= 0.6 is 11.8 Å². The van der Waals surface area contributed by atoms with Gasteiger partial charge in [0.25, 0.3) is 5.69 Å². The van der Waals surface area contributed by atoms with E-state index >= 15 is 0 Å². The summed E-state index contributed by atoms with van der Waals surface area (Å²) in [6.07, 6.45) is 0.741. The van der Waals surface area contributed by atoms with Crippen LogP contribution in [-0.4, -0.2) is 35.1 Å². The Hall–Kier alpha value is -2.88. The van der Waals surface area contributed by atoms with Gasteiger partial charge in [0.1, 0.15) is 5.03 Å². The number of non-ortho nitro benzene ring substituents is 1. The summed E-state index contributed by atoms with van der Waals surface area (Å²) in [5, 5.41) is 24.0. The highest BCUT2D eigenvalue weighted by atomic mass is 32.2. The van der Waals surface area contributed by atoms with E-state index in [-0.39, 0.29) is 11.7 Å². The van der Waals surface area contributed by atoms with Gasteiger partial charge < -0.3 is 0 Å². The number of hydrogen-bond donors (Lipinski definition) is 0. The highest BCUT2D eigenvalue weighted by Crippen LogP contribution is 2.28. The van der Waals surface area contributed by atoms with E-state index in [1.807, 2.05) is 26.8 Å². The monoisotopic (exact) mass is 371 g/mol. The molecule has 0 unspecified atom stereocenters. The normalized spacial score (nSPS) is 11.1. The molecule has 0 fully saturated rings. The first-order valence-corrected chi connectivity index (χ1v) is 8.88. The average Bonchev–Trinajstić information content (AvgIpc) is 3.10. The lowest BCUT2D eigenvalue weighted by Crippen LogP contribution is -2.05. The number of nitro benzene ring substituents is 1. The number of aryl methyl sites for hydroxylation is 1. The molecule has 0 N–H and O–H groups in total. The Bertz CT molecular complexity index is 925. The summed E-state index contributed by atoms with van der Waals surface area (Å²) in [6, 6.07) is 8.24. The van der Waals surface area contributed by atoms with Gasteiger partial charge in [0, 0.05) is 23.4 Å². The van der Waals surface area contributed by atoms with Gasteiger partial charge in [-0.3, -0.25) is 10.1 Å². The zero-order chi connectivity index (χ0) is 18.7. The van der Waals surface area contributed by atoms with Gasteiger partial charge in [-0.25, -0.2) is 14.6 Å². The van der Waals surface area contributed by atoms with E-state index in [1.54, 1.807) is 16.8 Å². The van der Waals surface area contributed by atoms with Gasteiger partial charge in [0.15, 0.2) is 5.82 Å². The van der Waals surface area contributed by atoms with E-state index in [4.69, 9.17) is 0 Å². The van der Waals surface area contributed by atoms with E-state index in [0.717, 1.165) is 22.7 Å². The average molecular weight is 371 g/mol. The van der Waals surface area contributed by atoms with E-state index in [2.05, 4.69) is 25.5 Å². The third-order valence-electron chi connectivity index (χ3n) is 3.60. The minimum atomic E-state index is -0.430. The molecule has 1 aromatic carbocycles. The van der Waals surface area contributed by atoms with Crippen LogP contribution in [-0.2, 0) is 6.42 Å². The molecule has 9 nitrogen and oxygen atoms in total. The number of hydrogen-bond acceptors (Lipinski definition) is 8. The first kappa shape index (κ1) is 17.9. The second-order valence-corrected chi connectivity index (χ2v) is 6.77. The molecule has 3 rings (SSSR count). The predicted molar refractivity (Wildman–Crippen MR) is 95.8 cm³/mol. The van der Waals surface area contributed by atoms with Gasteiger partial charge in [-0.15, -0.1) is 5.10 Å². The van der Waals surface area contributed by atoms with E-state index < -0.39 is 4.92 Å². The number of benzene rings is 1. The molecule has 3 aromatic rings. The smallest absolute Gasteiger partial charge is 0.258 e. The molecular weight excluding hydrogens is 354 g/mol. The van der Waals surface area contributed by atoms with Crippen molar-refractivity contribution < 1.29 is 4.92 Å². The van der Waals surface area contributed by atoms with Gasteiger partial charge in [-0.1, -0.05) is 6.92 Å².